The van der Waals surface area contributed by atoms with Crippen LogP contribution in [0.4, 0.5) is 0 Å². The topological polar surface area (TPSA) is 414 Å². The zero-order valence-corrected chi connectivity index (χ0v) is 68.0. The van der Waals surface area contributed by atoms with Crippen LogP contribution in [0.15, 0.2) is 146 Å². The summed E-state index contributed by atoms with van der Waals surface area (Å²) >= 11 is 0. The molecule has 0 aliphatic carbocycles. The summed E-state index contributed by atoms with van der Waals surface area (Å²) in [5.41, 5.74) is 1.23. The lowest BCUT2D eigenvalue weighted by atomic mass is 9.85. The Hall–Kier alpha value is -12.2. The van der Waals surface area contributed by atoms with Crippen LogP contribution in [-0.2, 0) is 91.6 Å². The van der Waals surface area contributed by atoms with Gasteiger partial charge in [-0.25, -0.2) is 14.2 Å². The Morgan fingerprint density at radius 3 is 1.30 bits per heavy atom. The Kier molecular flexibility index (Phi) is 26.7. The first-order valence-corrected chi connectivity index (χ1v) is 40.0. The number of carbonyl (C=O) groups excluding carboxylic acids is 9. The van der Waals surface area contributed by atoms with Gasteiger partial charge in [0.15, 0.2) is 0 Å². The van der Waals surface area contributed by atoms with Gasteiger partial charge in [0.2, 0.25) is 53.2 Å². The zero-order valence-electron chi connectivity index (χ0n) is 68.0. The molecule has 10 N–H and O–H groups in total. The van der Waals surface area contributed by atoms with E-state index >= 15 is 28.8 Å². The van der Waals surface area contributed by atoms with E-state index in [4.69, 9.17) is 9.47 Å². The quantitative estimate of drug-likeness (QED) is 0.0674. The van der Waals surface area contributed by atoms with E-state index in [1.54, 1.807) is 130 Å². The van der Waals surface area contributed by atoms with Crippen LogP contribution in [0.3, 0.4) is 0 Å². The number of piperidine rings is 1. The Labute approximate surface area is 683 Å². The van der Waals surface area contributed by atoms with E-state index in [-0.39, 0.29) is 90.8 Å². The van der Waals surface area contributed by atoms with E-state index in [9.17, 15) is 34.2 Å². The summed E-state index contributed by atoms with van der Waals surface area (Å²) in [4.78, 5) is 164. The van der Waals surface area contributed by atoms with Crippen molar-refractivity contribution in [2.24, 2.45) is 16.7 Å². The molecular formula is C86H105N17O15. The largest absolute Gasteiger partial charge is 0.487 e. The van der Waals surface area contributed by atoms with Crippen molar-refractivity contribution in [1.82, 2.24) is 87.2 Å². The Bertz CT molecular complexity index is 5010. The Morgan fingerprint density at radius 1 is 0.508 bits per heavy atom. The van der Waals surface area contributed by atoms with Crippen LogP contribution in [0.1, 0.15) is 127 Å². The molecule has 32 nitrogen and oxygen atoms in total. The maximum absolute atomic E-state index is 15.6. The van der Waals surface area contributed by atoms with Crippen molar-refractivity contribution in [3.8, 4) is 11.5 Å². The highest BCUT2D eigenvalue weighted by atomic mass is 16.5. The summed E-state index contributed by atoms with van der Waals surface area (Å²) in [6, 6.07) is 26.4. The third kappa shape index (κ3) is 20.8. The van der Waals surface area contributed by atoms with Crippen LogP contribution < -0.4 is 52.0 Å². The molecule has 118 heavy (non-hydrogen) atoms. The van der Waals surface area contributed by atoms with E-state index in [0.717, 1.165) is 21.5 Å². The molecule has 2 aromatic heterocycles. The first-order chi connectivity index (χ1) is 56.3. The number of likely N-dealkylation sites (tertiary alicyclic amines) is 3. The molecule has 9 amide bonds. The van der Waals surface area contributed by atoms with Gasteiger partial charge in [0, 0.05) is 64.7 Å². The summed E-state index contributed by atoms with van der Waals surface area (Å²) in [6.07, 6.45) is 3.01. The van der Waals surface area contributed by atoms with Crippen molar-refractivity contribution in [2.45, 2.75) is 192 Å². The summed E-state index contributed by atoms with van der Waals surface area (Å²) in [5, 5.41) is 65.4. The Morgan fingerprint density at radius 2 is 0.907 bits per heavy atom. The van der Waals surface area contributed by atoms with Crippen molar-refractivity contribution in [1.29, 1.82) is 0 Å². The number of carboxylic acids is 2. The third-order valence-corrected chi connectivity index (χ3v) is 22.7. The minimum Gasteiger partial charge on any atom is -0.487 e. The van der Waals surface area contributed by atoms with Gasteiger partial charge in [0.25, 0.3) is 0 Å². The number of aliphatic carboxylic acids is 2. The summed E-state index contributed by atoms with van der Waals surface area (Å²) in [5.74, 6) is -7.93. The molecule has 3 saturated heterocycles. The van der Waals surface area contributed by atoms with E-state index in [1.807, 2.05) is 84.9 Å². The number of nitrogens with zero attached hydrogens (tertiary/aromatic N) is 9. The first kappa shape index (κ1) is 85.2. The number of nitrogens with one attached hydrogen (secondary N) is 8. The number of rotatable bonds is 15. The Balaban J connectivity index is 0.893. The second-order valence-electron chi connectivity index (χ2n) is 33.4. The molecule has 12 unspecified atom stereocenters. The van der Waals surface area contributed by atoms with E-state index in [2.05, 4.69) is 63.2 Å². The van der Waals surface area contributed by atoms with Crippen LogP contribution in [0.5, 0.6) is 11.5 Å². The molecule has 0 spiro atoms. The third-order valence-electron chi connectivity index (χ3n) is 22.7. The molecule has 9 heterocycles. The number of aromatic nitrogens is 6. The van der Waals surface area contributed by atoms with Crippen molar-refractivity contribution >= 4 is 86.6 Å². The number of carbonyl (C=O) groups is 11. The molecule has 624 valence electrons. The fourth-order valence-electron chi connectivity index (χ4n) is 15.4. The highest BCUT2D eigenvalue weighted by Gasteiger charge is 2.49. The molecule has 7 aliphatic rings. The van der Waals surface area contributed by atoms with Gasteiger partial charge in [-0.2, -0.15) is 0 Å². The first-order valence-electron chi connectivity index (χ1n) is 40.0. The van der Waals surface area contributed by atoms with Gasteiger partial charge in [-0.05, 0) is 120 Å². The van der Waals surface area contributed by atoms with Gasteiger partial charge in [0.1, 0.15) is 84.4 Å². The highest BCUT2D eigenvalue weighted by molar-refractivity contribution is 5.99. The number of benzene rings is 6. The summed E-state index contributed by atoms with van der Waals surface area (Å²) < 4.78 is 15.6. The van der Waals surface area contributed by atoms with Gasteiger partial charge < -0.3 is 76.9 Å². The minimum absolute atomic E-state index is 0.0458. The second-order valence-corrected chi connectivity index (χ2v) is 33.4. The van der Waals surface area contributed by atoms with Gasteiger partial charge in [-0.15, -0.1) is 10.2 Å². The molecule has 0 saturated carbocycles. The molecule has 12 atom stereocenters. The number of likely N-dealkylation sites (N-methyl/N-ethyl adjacent to an activating group) is 2. The zero-order chi connectivity index (χ0) is 84.4. The maximum atomic E-state index is 15.6. The molecule has 7 aliphatic heterocycles. The number of carboxylic acid groups (broad SMARTS) is 2. The standard InChI is InChI=1S/C86H105N17O15/c1-49(87-9)74(104)93-72(85(3,4)5)81(111)100-45-62-41-70(100)78(108)89-66(39-53-19-25-55-15-11-13-17-58(55)35-53)76(106)91-68(80(110)99-33-31-57(32-34-99)83(113)114)37-51-21-27-64(28-22-51)117-47-60-43-103(97-95-60)63-42-71(101(46-63)82(112)73(86(6,7)8)94-75(105)50(2)88-10)79(109)90-67(40-54-20-26-56-16-12-14-18-59(56)36-54)77(107)92-69(84(115)116)38-52-23-29-65(30-24-52)118-48-61-44-102(62)98-96-61/h11-30,35-36,43-44,49-50,57,62-63,66-73,87-88H,31-34,37-42,45-48H2,1-10H3,(H,89,108)(H,90,109)(H,91,106)(H,92,107)(H,93,104)(H,94,105)(H,113,114)(H,115,116). The number of hydrogen-bond donors (Lipinski definition) is 10. The fourth-order valence-corrected chi connectivity index (χ4v) is 15.4. The molecule has 6 aromatic carbocycles. The molecule has 32 heteroatoms. The summed E-state index contributed by atoms with van der Waals surface area (Å²) in [6.45, 7) is 13.7. The molecule has 15 rings (SSSR count). The van der Waals surface area contributed by atoms with Crippen molar-refractivity contribution in [2.75, 3.05) is 40.3 Å². The number of ether oxygens (including phenoxy) is 2. The lowest BCUT2D eigenvalue weighted by Gasteiger charge is -2.36. The smallest absolute Gasteiger partial charge is 0.326 e. The van der Waals surface area contributed by atoms with E-state index in [1.165, 1.54) is 24.1 Å². The predicted octanol–water partition coefficient (Wildman–Crippen LogP) is 4.53. The van der Waals surface area contributed by atoms with Crippen LogP contribution in [0.25, 0.3) is 21.5 Å². The van der Waals surface area contributed by atoms with Crippen molar-refractivity contribution in [3.63, 3.8) is 0 Å². The molecule has 3 fully saturated rings. The monoisotopic (exact) mass is 1620 g/mol. The van der Waals surface area contributed by atoms with Gasteiger partial charge in [-0.3, -0.25) is 47.9 Å². The molecule has 8 aromatic rings. The maximum Gasteiger partial charge on any atom is 0.326 e. The van der Waals surface area contributed by atoms with Crippen LogP contribution >= 0.6 is 0 Å². The predicted molar refractivity (Wildman–Crippen MR) is 435 cm³/mol. The number of hydrogen-bond acceptors (Lipinski definition) is 19. The fraction of sp³-hybridized carbons (Fsp3) is 0.453. The van der Waals surface area contributed by atoms with Gasteiger partial charge in [-0.1, -0.05) is 161 Å². The lowest BCUT2D eigenvalue weighted by molar-refractivity contribution is -0.146. The number of amides is 9. The van der Waals surface area contributed by atoms with Gasteiger partial charge in [0.05, 0.1) is 42.5 Å². The molecular weight excluding hydrogens is 1510 g/mol. The van der Waals surface area contributed by atoms with Crippen LogP contribution in [0, 0.1) is 16.7 Å². The second kappa shape index (κ2) is 37.0. The van der Waals surface area contributed by atoms with Crippen molar-refractivity contribution in [3.05, 3.63) is 179 Å². The van der Waals surface area contributed by atoms with Crippen LogP contribution in [0.2, 0.25) is 0 Å². The minimum atomic E-state index is -1.52. The normalized spacial score (nSPS) is 21.9. The van der Waals surface area contributed by atoms with Crippen molar-refractivity contribution < 1.29 is 72.4 Å². The average Bonchev–Trinajstić information content (AvgIpc) is 1.63. The summed E-state index contributed by atoms with van der Waals surface area (Å²) in [7, 11) is 3.22. The van der Waals surface area contributed by atoms with E-state index < -0.39 is 154 Å². The highest BCUT2D eigenvalue weighted by Crippen LogP contribution is 2.35. The molecule has 0 radical (unpaired) electrons. The number of fused-ring (bicyclic) bond motifs is 2. The van der Waals surface area contributed by atoms with E-state index in [0.29, 0.717) is 45.1 Å². The van der Waals surface area contributed by atoms with Gasteiger partial charge >= 0.3 is 11.9 Å². The van der Waals surface area contributed by atoms with Crippen LogP contribution in [-0.4, -0.2) is 221 Å². The average molecular weight is 1620 g/mol. The molecule has 12 bridgehead atoms. The SMILES string of the molecule is CNC(C)C(=O)NC(C(=O)N1CC2CC1C(=O)NC(Cc1ccc3ccccc3c1)C(=O)NC(C(=O)O)Cc1ccc(cc1)OCc1cn(nn1)C1CC(C(=O)NC(Cc3ccc4ccccc4c3)C(=O)NC(C(=O)N3CCC(C(=O)O)CC3)Cc3ccc(cc3)OCc3cn2nn3)N(C(=O)C(NC(=O)C(C)NC)C(C)(C)C)C1)C(C)(C)C. The lowest BCUT2D eigenvalue weighted by Crippen LogP contribution is -2.61.